The van der Waals surface area contributed by atoms with E-state index in [1.54, 1.807) is 19.2 Å². The zero-order valence-electron chi connectivity index (χ0n) is 11.6. The number of rotatable bonds is 3. The monoisotopic (exact) mass is 311 g/mol. The van der Waals surface area contributed by atoms with E-state index in [9.17, 15) is 4.39 Å². The molecule has 2 rings (SSSR count). The zero-order chi connectivity index (χ0) is 14.9. The lowest BCUT2D eigenvalue weighted by atomic mass is 9.95. The third-order valence-corrected chi connectivity index (χ3v) is 4.16. The molecule has 0 aromatic heterocycles. The summed E-state index contributed by atoms with van der Waals surface area (Å²) in [5, 5.41) is 4.09. The van der Waals surface area contributed by atoms with E-state index in [2.05, 4.69) is 5.32 Å². The summed E-state index contributed by atoms with van der Waals surface area (Å²) in [7, 11) is 1.76. The van der Waals surface area contributed by atoms with Crippen molar-refractivity contribution in [2.75, 3.05) is 7.05 Å². The molecule has 1 N–H and O–H groups in total. The number of aryl methyl sites for hydroxylation is 2. The Labute approximate surface area is 128 Å². The van der Waals surface area contributed by atoms with Crippen molar-refractivity contribution in [2.45, 2.75) is 19.9 Å². The van der Waals surface area contributed by atoms with Crippen molar-refractivity contribution >= 4 is 23.2 Å². The van der Waals surface area contributed by atoms with Crippen molar-refractivity contribution in [3.05, 3.63) is 68.4 Å². The standard InChI is InChI=1S/C16H16Cl2FN/c1-9-7-11(13(18)8-10(9)2)16(20-3)15-12(17)5-4-6-14(15)19/h4-8,16,20H,1-3H3. The van der Waals surface area contributed by atoms with E-state index in [0.29, 0.717) is 15.6 Å². The van der Waals surface area contributed by atoms with Crippen molar-refractivity contribution in [3.63, 3.8) is 0 Å². The predicted molar refractivity (Wildman–Crippen MR) is 83.2 cm³/mol. The van der Waals surface area contributed by atoms with Gasteiger partial charge in [0.15, 0.2) is 0 Å². The maximum atomic E-state index is 14.1. The highest BCUT2D eigenvalue weighted by Gasteiger charge is 2.22. The van der Waals surface area contributed by atoms with Crippen LogP contribution in [0.5, 0.6) is 0 Å². The third kappa shape index (κ3) is 2.83. The number of nitrogens with one attached hydrogen (secondary N) is 1. The van der Waals surface area contributed by atoms with Crippen molar-refractivity contribution in [3.8, 4) is 0 Å². The van der Waals surface area contributed by atoms with Crippen molar-refractivity contribution in [1.29, 1.82) is 0 Å². The zero-order valence-corrected chi connectivity index (χ0v) is 13.1. The normalized spacial score (nSPS) is 12.5. The molecule has 106 valence electrons. The van der Waals surface area contributed by atoms with Crippen molar-refractivity contribution in [1.82, 2.24) is 5.32 Å². The molecule has 1 nitrogen and oxygen atoms in total. The maximum absolute atomic E-state index is 14.1. The fraction of sp³-hybridized carbons (Fsp3) is 0.250. The molecule has 0 spiro atoms. The van der Waals surface area contributed by atoms with Gasteiger partial charge in [-0.15, -0.1) is 0 Å². The molecule has 0 fully saturated rings. The summed E-state index contributed by atoms with van der Waals surface area (Å²) in [5.41, 5.74) is 3.46. The molecule has 1 unspecified atom stereocenters. The summed E-state index contributed by atoms with van der Waals surface area (Å²) in [6, 6.07) is 8.17. The van der Waals surface area contributed by atoms with Gasteiger partial charge in [-0.05, 0) is 55.8 Å². The molecule has 2 aromatic carbocycles. The van der Waals surface area contributed by atoms with Crippen LogP contribution >= 0.6 is 23.2 Å². The van der Waals surface area contributed by atoms with Gasteiger partial charge in [0.25, 0.3) is 0 Å². The summed E-state index contributed by atoms with van der Waals surface area (Å²) >= 11 is 12.5. The van der Waals surface area contributed by atoms with Crippen LogP contribution in [0, 0.1) is 19.7 Å². The Bertz CT molecular complexity index is 620. The van der Waals surface area contributed by atoms with E-state index in [-0.39, 0.29) is 11.9 Å². The lowest BCUT2D eigenvalue weighted by Crippen LogP contribution is -2.20. The Morgan fingerprint density at radius 2 is 1.70 bits per heavy atom. The fourth-order valence-electron chi connectivity index (χ4n) is 2.27. The first-order chi connectivity index (χ1) is 9.45. The Hall–Kier alpha value is -1.09. The van der Waals surface area contributed by atoms with Gasteiger partial charge in [-0.2, -0.15) is 0 Å². The smallest absolute Gasteiger partial charge is 0.129 e. The average Bonchev–Trinajstić information content (AvgIpc) is 2.39. The number of hydrogen-bond donors (Lipinski definition) is 1. The van der Waals surface area contributed by atoms with Gasteiger partial charge in [0.1, 0.15) is 5.82 Å². The Balaban J connectivity index is 2.62. The predicted octanol–water partition coefficient (Wildman–Crippen LogP) is 5.06. The highest BCUT2D eigenvalue weighted by Crippen LogP contribution is 2.35. The SMILES string of the molecule is CNC(c1cc(C)c(C)cc1Cl)c1c(F)cccc1Cl. The van der Waals surface area contributed by atoms with E-state index < -0.39 is 0 Å². The van der Waals surface area contributed by atoms with Crippen LogP contribution in [0.4, 0.5) is 4.39 Å². The molecular weight excluding hydrogens is 296 g/mol. The lowest BCUT2D eigenvalue weighted by molar-refractivity contribution is 0.576. The first kappa shape index (κ1) is 15.3. The van der Waals surface area contributed by atoms with Crippen LogP contribution in [0.3, 0.4) is 0 Å². The quantitative estimate of drug-likeness (QED) is 0.835. The van der Waals surface area contributed by atoms with Crippen LogP contribution < -0.4 is 5.32 Å². The number of benzene rings is 2. The van der Waals surface area contributed by atoms with E-state index in [1.807, 2.05) is 26.0 Å². The van der Waals surface area contributed by atoms with Gasteiger partial charge in [0.2, 0.25) is 0 Å². The van der Waals surface area contributed by atoms with Crippen LogP contribution in [0.2, 0.25) is 10.0 Å². The van der Waals surface area contributed by atoms with Crippen LogP contribution in [0.1, 0.15) is 28.3 Å². The highest BCUT2D eigenvalue weighted by molar-refractivity contribution is 6.32. The van der Waals surface area contributed by atoms with E-state index in [0.717, 1.165) is 16.7 Å². The van der Waals surface area contributed by atoms with Gasteiger partial charge in [-0.3, -0.25) is 0 Å². The average molecular weight is 312 g/mol. The van der Waals surface area contributed by atoms with Crippen LogP contribution in [-0.2, 0) is 0 Å². The first-order valence-electron chi connectivity index (χ1n) is 6.33. The van der Waals surface area contributed by atoms with Gasteiger partial charge in [-0.25, -0.2) is 4.39 Å². The fourth-order valence-corrected chi connectivity index (χ4v) is 2.87. The minimum absolute atomic E-state index is 0.342. The molecule has 0 aliphatic heterocycles. The summed E-state index contributed by atoms with van der Waals surface area (Å²) in [6.07, 6.45) is 0. The Kier molecular flexibility index (Phi) is 4.69. The highest BCUT2D eigenvalue weighted by atomic mass is 35.5. The second-order valence-corrected chi connectivity index (χ2v) is 5.63. The molecule has 0 radical (unpaired) electrons. The summed E-state index contributed by atoms with van der Waals surface area (Å²) in [5.74, 6) is -0.342. The van der Waals surface area contributed by atoms with Gasteiger partial charge in [0.05, 0.1) is 6.04 Å². The Morgan fingerprint density at radius 3 is 2.30 bits per heavy atom. The molecule has 1 atom stereocenters. The van der Waals surface area contributed by atoms with Crippen LogP contribution in [-0.4, -0.2) is 7.05 Å². The molecule has 0 bridgehead atoms. The molecule has 20 heavy (non-hydrogen) atoms. The van der Waals surface area contributed by atoms with Gasteiger partial charge >= 0.3 is 0 Å². The molecule has 0 amide bonds. The van der Waals surface area contributed by atoms with Crippen molar-refractivity contribution in [2.24, 2.45) is 0 Å². The number of halogens is 3. The Morgan fingerprint density at radius 1 is 1.05 bits per heavy atom. The second-order valence-electron chi connectivity index (χ2n) is 4.82. The molecule has 0 aliphatic carbocycles. The molecule has 0 saturated carbocycles. The van der Waals surface area contributed by atoms with Crippen LogP contribution in [0.15, 0.2) is 30.3 Å². The largest absolute Gasteiger partial charge is 0.309 e. The third-order valence-electron chi connectivity index (χ3n) is 3.50. The summed E-state index contributed by atoms with van der Waals surface area (Å²) in [4.78, 5) is 0. The maximum Gasteiger partial charge on any atom is 0.129 e. The summed E-state index contributed by atoms with van der Waals surface area (Å²) in [6.45, 7) is 4.00. The van der Waals surface area contributed by atoms with Crippen LogP contribution in [0.25, 0.3) is 0 Å². The molecule has 0 saturated heterocycles. The minimum atomic E-state index is -0.379. The number of hydrogen-bond acceptors (Lipinski definition) is 1. The summed E-state index contributed by atoms with van der Waals surface area (Å²) < 4.78 is 14.1. The molecule has 4 heteroatoms. The first-order valence-corrected chi connectivity index (χ1v) is 7.09. The second kappa shape index (κ2) is 6.13. The van der Waals surface area contributed by atoms with E-state index in [4.69, 9.17) is 23.2 Å². The van der Waals surface area contributed by atoms with Gasteiger partial charge in [0, 0.05) is 15.6 Å². The van der Waals surface area contributed by atoms with Crippen molar-refractivity contribution < 1.29 is 4.39 Å². The minimum Gasteiger partial charge on any atom is -0.309 e. The van der Waals surface area contributed by atoms with Gasteiger partial charge < -0.3 is 5.32 Å². The van der Waals surface area contributed by atoms with E-state index in [1.165, 1.54) is 6.07 Å². The van der Waals surface area contributed by atoms with Gasteiger partial charge in [-0.1, -0.05) is 35.3 Å². The molecule has 0 heterocycles. The topological polar surface area (TPSA) is 12.0 Å². The lowest BCUT2D eigenvalue weighted by Gasteiger charge is -2.21. The molecular formula is C16H16Cl2FN. The van der Waals surface area contributed by atoms with E-state index >= 15 is 0 Å². The molecule has 0 aliphatic rings. The molecule has 2 aromatic rings.